The third kappa shape index (κ3) is 45.6. The highest BCUT2D eigenvalue weighted by Crippen LogP contribution is 2.24. The topological polar surface area (TPSA) is 149 Å². The molecule has 6 N–H and O–H groups in total. The second-order valence-corrected chi connectivity index (χ2v) is 24.0. The predicted molar refractivity (Wildman–Crippen MR) is 318 cm³/mol. The Labute approximate surface area is 465 Å². The van der Waals surface area contributed by atoms with Crippen LogP contribution in [0.1, 0.15) is 361 Å². The van der Waals surface area contributed by atoms with E-state index in [-0.39, 0.29) is 12.5 Å². The second-order valence-electron chi connectivity index (χ2n) is 24.0. The minimum Gasteiger partial charge on any atom is -0.394 e. The van der Waals surface area contributed by atoms with Crippen molar-refractivity contribution in [1.29, 1.82) is 0 Å². The van der Waals surface area contributed by atoms with Gasteiger partial charge >= 0.3 is 0 Å². The number of ether oxygens (including phenoxy) is 2. The maximum Gasteiger partial charge on any atom is 0.220 e. The van der Waals surface area contributed by atoms with Crippen LogP contribution in [0.5, 0.6) is 0 Å². The fourth-order valence-electron chi connectivity index (χ4n) is 11.4. The average Bonchev–Trinajstić information content (AvgIpc) is 3.41. The number of carbonyl (C=O) groups is 1. The van der Waals surface area contributed by atoms with Crippen molar-refractivity contribution in [3.8, 4) is 0 Å². The summed E-state index contributed by atoms with van der Waals surface area (Å²) in [6, 6.07) is -0.714. The molecule has 0 aliphatic carbocycles. The molecule has 1 fully saturated rings. The van der Waals surface area contributed by atoms with E-state index in [2.05, 4.69) is 19.2 Å². The van der Waals surface area contributed by atoms with E-state index in [4.69, 9.17) is 9.47 Å². The molecule has 9 heteroatoms. The largest absolute Gasteiger partial charge is 0.394 e. The Morgan fingerprint density at radius 2 is 0.667 bits per heavy atom. The molecule has 0 radical (unpaired) electrons. The summed E-state index contributed by atoms with van der Waals surface area (Å²) < 4.78 is 11.3. The normalized spacial score (nSPS) is 18.7. The fraction of sp³-hybridized carbons (Fsp3) is 0.985. The smallest absolute Gasteiger partial charge is 0.220 e. The van der Waals surface area contributed by atoms with Crippen LogP contribution in [0, 0.1) is 0 Å². The van der Waals surface area contributed by atoms with Gasteiger partial charge in [-0.05, 0) is 12.8 Å². The SMILES string of the molecule is CCCCCCCCCCCCCCCCCCCCCCCCCCCCCCCCCCCCCCC(=O)NC(COC1OC(CO)C(O)C(O)C1O)C(O)CCCCCCCCCCCCCCCCCC. The molecule has 0 bridgehead atoms. The van der Waals surface area contributed by atoms with Crippen LogP contribution in [0.3, 0.4) is 0 Å². The lowest BCUT2D eigenvalue weighted by molar-refractivity contribution is -0.302. The van der Waals surface area contributed by atoms with E-state index in [1.54, 1.807) is 0 Å². The van der Waals surface area contributed by atoms with Gasteiger partial charge in [-0.1, -0.05) is 341 Å². The summed E-state index contributed by atoms with van der Waals surface area (Å²) in [6.07, 6.45) is 63.2. The predicted octanol–water partition coefficient (Wildman–Crippen LogP) is 17.8. The molecule has 0 saturated carbocycles. The van der Waals surface area contributed by atoms with Crippen LogP contribution in [0.4, 0.5) is 0 Å². The van der Waals surface area contributed by atoms with Gasteiger partial charge in [0.1, 0.15) is 24.4 Å². The lowest BCUT2D eigenvalue weighted by atomic mass is 9.99. The zero-order chi connectivity index (χ0) is 54.3. The molecular weight excluding hydrogens is 935 g/mol. The Kier molecular flexibility index (Phi) is 54.4. The average molecular weight is 1070 g/mol. The van der Waals surface area contributed by atoms with Gasteiger partial charge in [-0.25, -0.2) is 0 Å². The summed E-state index contributed by atoms with van der Waals surface area (Å²) >= 11 is 0. The van der Waals surface area contributed by atoms with Gasteiger partial charge in [0.15, 0.2) is 6.29 Å². The van der Waals surface area contributed by atoms with Crippen molar-refractivity contribution < 1.29 is 39.8 Å². The number of aliphatic hydroxyl groups excluding tert-OH is 5. The minimum absolute atomic E-state index is 0.131. The Morgan fingerprint density at radius 1 is 0.400 bits per heavy atom. The van der Waals surface area contributed by atoms with Crippen LogP contribution >= 0.6 is 0 Å². The van der Waals surface area contributed by atoms with E-state index >= 15 is 0 Å². The number of hydrogen-bond donors (Lipinski definition) is 6. The Morgan fingerprint density at radius 3 is 0.947 bits per heavy atom. The molecule has 7 unspecified atom stereocenters. The van der Waals surface area contributed by atoms with Crippen molar-refractivity contribution in [1.82, 2.24) is 5.32 Å². The number of nitrogens with one attached hydrogen (secondary N) is 1. The van der Waals surface area contributed by atoms with Crippen LogP contribution in [-0.4, -0.2) is 87.5 Å². The van der Waals surface area contributed by atoms with E-state index < -0.39 is 49.5 Å². The van der Waals surface area contributed by atoms with Crippen LogP contribution in [-0.2, 0) is 14.3 Å². The lowest BCUT2D eigenvalue weighted by Gasteiger charge is -2.40. The molecule has 0 aromatic heterocycles. The number of aliphatic hydroxyl groups is 5. The van der Waals surface area contributed by atoms with Crippen molar-refractivity contribution >= 4 is 5.91 Å². The Balaban J connectivity index is 2.03. The molecule has 1 rings (SSSR count). The van der Waals surface area contributed by atoms with Crippen LogP contribution in [0.2, 0.25) is 0 Å². The number of unbranched alkanes of at least 4 members (excludes halogenated alkanes) is 50. The van der Waals surface area contributed by atoms with Gasteiger partial charge in [-0.3, -0.25) is 4.79 Å². The molecular formula is C66H131NO8. The van der Waals surface area contributed by atoms with E-state index in [1.165, 1.54) is 295 Å². The van der Waals surface area contributed by atoms with E-state index in [1.807, 2.05) is 0 Å². The molecule has 7 atom stereocenters. The van der Waals surface area contributed by atoms with Crippen molar-refractivity contribution in [3.05, 3.63) is 0 Å². The van der Waals surface area contributed by atoms with Crippen molar-refractivity contribution in [2.75, 3.05) is 13.2 Å². The van der Waals surface area contributed by atoms with E-state index in [0.717, 1.165) is 38.5 Å². The standard InChI is InChI=1S/C66H131NO8/c1-3-5-7-9-11-13-15-17-19-21-22-23-24-25-26-27-28-29-30-31-32-33-34-35-36-37-38-39-40-42-44-46-48-50-52-54-56-62(70)67-59(58-74-66-65(73)64(72)63(71)61(57-68)75-66)60(69)55-53-51-49-47-45-43-41-20-18-16-14-12-10-8-6-4-2/h59-61,63-66,68-69,71-73H,3-58H2,1-2H3,(H,67,70). The Bertz CT molecular complexity index is 1140. The van der Waals surface area contributed by atoms with Gasteiger partial charge in [-0.15, -0.1) is 0 Å². The van der Waals surface area contributed by atoms with Gasteiger partial charge in [0.05, 0.1) is 25.4 Å². The first-order valence-electron chi connectivity index (χ1n) is 33.7. The third-order valence-electron chi connectivity index (χ3n) is 16.7. The zero-order valence-corrected chi connectivity index (χ0v) is 50.1. The number of amides is 1. The lowest BCUT2D eigenvalue weighted by Crippen LogP contribution is -2.60. The molecule has 0 aromatic rings. The molecule has 75 heavy (non-hydrogen) atoms. The van der Waals surface area contributed by atoms with Gasteiger partial charge in [0.2, 0.25) is 5.91 Å². The molecule has 0 aromatic carbocycles. The maximum atomic E-state index is 13.1. The highest BCUT2D eigenvalue weighted by molar-refractivity contribution is 5.76. The maximum absolute atomic E-state index is 13.1. The molecule has 9 nitrogen and oxygen atoms in total. The first-order chi connectivity index (χ1) is 36.8. The molecule has 1 saturated heterocycles. The highest BCUT2D eigenvalue weighted by atomic mass is 16.7. The molecule has 448 valence electrons. The van der Waals surface area contributed by atoms with Crippen molar-refractivity contribution in [2.45, 2.75) is 403 Å². The van der Waals surface area contributed by atoms with Crippen molar-refractivity contribution in [3.63, 3.8) is 0 Å². The number of carbonyl (C=O) groups excluding carboxylic acids is 1. The fourth-order valence-corrected chi connectivity index (χ4v) is 11.4. The second kappa shape index (κ2) is 56.5. The van der Waals surface area contributed by atoms with E-state index in [9.17, 15) is 30.3 Å². The summed E-state index contributed by atoms with van der Waals surface area (Å²) in [4.78, 5) is 13.1. The van der Waals surface area contributed by atoms with Gasteiger partial charge < -0.3 is 40.3 Å². The van der Waals surface area contributed by atoms with Gasteiger partial charge in [-0.2, -0.15) is 0 Å². The summed E-state index contributed by atoms with van der Waals surface area (Å²) in [6.45, 7) is 3.89. The third-order valence-corrected chi connectivity index (χ3v) is 16.7. The van der Waals surface area contributed by atoms with Gasteiger partial charge in [0.25, 0.3) is 0 Å². The van der Waals surface area contributed by atoms with Gasteiger partial charge in [0, 0.05) is 6.42 Å². The number of rotatable bonds is 60. The summed E-state index contributed by atoms with van der Waals surface area (Å²) in [5, 5.41) is 54.8. The minimum atomic E-state index is -1.55. The van der Waals surface area contributed by atoms with Crippen LogP contribution < -0.4 is 5.32 Å². The summed E-state index contributed by atoms with van der Waals surface area (Å²) in [5.41, 5.74) is 0. The molecule has 1 aliphatic heterocycles. The highest BCUT2D eigenvalue weighted by Gasteiger charge is 2.44. The summed E-state index contributed by atoms with van der Waals surface area (Å²) in [7, 11) is 0. The van der Waals surface area contributed by atoms with Crippen molar-refractivity contribution in [2.24, 2.45) is 0 Å². The van der Waals surface area contributed by atoms with Crippen LogP contribution in [0.15, 0.2) is 0 Å². The quantitative estimate of drug-likeness (QED) is 0.0330. The zero-order valence-electron chi connectivity index (χ0n) is 50.1. The summed E-state index contributed by atoms with van der Waals surface area (Å²) in [5.74, 6) is -0.135. The molecule has 1 heterocycles. The molecule has 1 amide bonds. The van der Waals surface area contributed by atoms with Crippen LogP contribution in [0.25, 0.3) is 0 Å². The molecule has 1 aliphatic rings. The molecule has 0 spiro atoms. The first kappa shape index (κ1) is 72.2. The number of hydrogen-bond acceptors (Lipinski definition) is 8. The monoisotopic (exact) mass is 1070 g/mol. The first-order valence-corrected chi connectivity index (χ1v) is 33.7. The van der Waals surface area contributed by atoms with E-state index in [0.29, 0.717) is 12.8 Å². The Hall–Kier alpha value is -0.810.